The number of anilines is 1. The number of fused-ring (bicyclic) bond motifs is 1. The van der Waals surface area contributed by atoms with Crippen LogP contribution in [0.1, 0.15) is 11.1 Å². The maximum absolute atomic E-state index is 5.83. The summed E-state index contributed by atoms with van der Waals surface area (Å²) in [7, 11) is 2.13. The molecule has 3 nitrogen and oxygen atoms in total. The Balaban J connectivity index is 1.73. The molecule has 0 aliphatic carbocycles. The number of benzene rings is 2. The summed E-state index contributed by atoms with van der Waals surface area (Å²) in [5.41, 5.74) is 3.63. The van der Waals surface area contributed by atoms with Gasteiger partial charge in [0.1, 0.15) is 12.4 Å². The van der Waals surface area contributed by atoms with Crippen LogP contribution in [0.5, 0.6) is 5.75 Å². The van der Waals surface area contributed by atoms with E-state index >= 15 is 0 Å². The Kier molecular flexibility index (Phi) is 4.46. The summed E-state index contributed by atoms with van der Waals surface area (Å²) >= 11 is 3.61. The first-order chi connectivity index (χ1) is 10.2. The van der Waals surface area contributed by atoms with Crippen LogP contribution in [0, 0.1) is 0 Å². The van der Waals surface area contributed by atoms with Crippen LogP contribution >= 0.6 is 15.9 Å². The van der Waals surface area contributed by atoms with E-state index in [4.69, 9.17) is 4.74 Å². The lowest BCUT2D eigenvalue weighted by atomic mass is 10.1. The minimum atomic E-state index is 0.734. The highest BCUT2D eigenvalue weighted by Gasteiger charge is 2.15. The second-order valence-corrected chi connectivity index (χ2v) is 6.19. The van der Waals surface area contributed by atoms with Crippen molar-refractivity contribution in [3.05, 3.63) is 58.1 Å². The second kappa shape index (κ2) is 6.50. The lowest BCUT2D eigenvalue weighted by Gasteiger charge is -2.24. The molecular formula is C17H19BrN2O. The lowest BCUT2D eigenvalue weighted by molar-refractivity contribution is 0.291. The Morgan fingerprint density at radius 1 is 1.10 bits per heavy atom. The predicted molar refractivity (Wildman–Crippen MR) is 89.7 cm³/mol. The van der Waals surface area contributed by atoms with Crippen molar-refractivity contribution >= 4 is 21.6 Å². The normalized spacial score (nSPS) is 13.5. The molecule has 0 fully saturated rings. The molecule has 21 heavy (non-hydrogen) atoms. The molecule has 2 aromatic carbocycles. The molecule has 2 aromatic rings. The topological polar surface area (TPSA) is 24.5 Å². The fourth-order valence-electron chi connectivity index (χ4n) is 2.62. The fourth-order valence-corrected chi connectivity index (χ4v) is 3.03. The number of nitrogens with one attached hydrogen (secondary N) is 1. The predicted octanol–water partition coefficient (Wildman–Crippen LogP) is 3.89. The molecule has 0 saturated carbocycles. The quantitative estimate of drug-likeness (QED) is 0.908. The van der Waals surface area contributed by atoms with E-state index in [1.807, 2.05) is 6.07 Å². The molecule has 1 aliphatic heterocycles. The zero-order chi connectivity index (χ0) is 14.7. The Morgan fingerprint density at radius 2 is 1.86 bits per heavy atom. The first-order valence-corrected chi connectivity index (χ1v) is 7.94. The van der Waals surface area contributed by atoms with Gasteiger partial charge in [-0.1, -0.05) is 46.3 Å². The maximum Gasteiger partial charge on any atom is 0.146 e. The fraction of sp³-hybridized carbons (Fsp3) is 0.294. The molecule has 0 aromatic heterocycles. The Hall–Kier alpha value is -1.52. The average molecular weight is 347 g/mol. The van der Waals surface area contributed by atoms with Crippen LogP contribution in [0.2, 0.25) is 0 Å². The Labute approximate surface area is 134 Å². The van der Waals surface area contributed by atoms with Gasteiger partial charge in [-0.25, -0.2) is 0 Å². The van der Waals surface area contributed by atoms with E-state index in [0.717, 1.165) is 42.2 Å². The number of halogens is 1. The van der Waals surface area contributed by atoms with Crippen molar-refractivity contribution in [2.24, 2.45) is 0 Å². The monoisotopic (exact) mass is 346 g/mol. The van der Waals surface area contributed by atoms with E-state index in [9.17, 15) is 0 Å². The third-order valence-electron chi connectivity index (χ3n) is 3.60. The van der Waals surface area contributed by atoms with Gasteiger partial charge >= 0.3 is 0 Å². The summed E-state index contributed by atoms with van der Waals surface area (Å²) in [5.74, 6) is 1.00. The second-order valence-electron chi connectivity index (χ2n) is 5.33. The zero-order valence-electron chi connectivity index (χ0n) is 12.1. The molecule has 0 radical (unpaired) electrons. The van der Waals surface area contributed by atoms with E-state index in [0.29, 0.717) is 0 Å². The third kappa shape index (κ3) is 3.39. The van der Waals surface area contributed by atoms with Gasteiger partial charge in [0.2, 0.25) is 0 Å². The first kappa shape index (κ1) is 14.4. The Morgan fingerprint density at radius 3 is 2.71 bits per heavy atom. The van der Waals surface area contributed by atoms with E-state index in [1.165, 1.54) is 11.1 Å². The molecule has 1 aliphatic rings. The number of para-hydroxylation sites is 1. The molecule has 3 rings (SSSR count). The minimum Gasteiger partial charge on any atom is -0.489 e. The van der Waals surface area contributed by atoms with Gasteiger partial charge in [0.15, 0.2) is 0 Å². The molecular weight excluding hydrogens is 328 g/mol. The van der Waals surface area contributed by atoms with Gasteiger partial charge in [-0.3, -0.25) is 4.90 Å². The largest absolute Gasteiger partial charge is 0.489 e. The van der Waals surface area contributed by atoms with Gasteiger partial charge in [0.05, 0.1) is 5.69 Å². The molecule has 0 spiro atoms. The van der Waals surface area contributed by atoms with Crippen LogP contribution in [0.15, 0.2) is 46.9 Å². The van der Waals surface area contributed by atoms with E-state index < -0.39 is 0 Å². The molecule has 4 heteroatoms. The first-order valence-electron chi connectivity index (χ1n) is 7.14. The molecule has 1 heterocycles. The van der Waals surface area contributed by atoms with Crippen molar-refractivity contribution < 1.29 is 4.74 Å². The van der Waals surface area contributed by atoms with Crippen LogP contribution in [-0.2, 0) is 13.1 Å². The van der Waals surface area contributed by atoms with Crippen molar-refractivity contribution in [1.82, 2.24) is 4.90 Å². The van der Waals surface area contributed by atoms with Crippen LogP contribution in [0.4, 0.5) is 5.69 Å². The number of ether oxygens (including phenoxy) is 1. The van der Waals surface area contributed by atoms with Crippen molar-refractivity contribution in [2.45, 2.75) is 13.1 Å². The van der Waals surface area contributed by atoms with Gasteiger partial charge in [-0.15, -0.1) is 0 Å². The molecule has 110 valence electrons. The number of rotatable bonds is 4. The van der Waals surface area contributed by atoms with Crippen molar-refractivity contribution in [2.75, 3.05) is 25.5 Å². The lowest BCUT2D eigenvalue weighted by Crippen LogP contribution is -2.22. The molecule has 0 amide bonds. The highest BCUT2D eigenvalue weighted by Crippen LogP contribution is 2.32. The molecule has 0 atom stereocenters. The smallest absolute Gasteiger partial charge is 0.146 e. The van der Waals surface area contributed by atoms with Gasteiger partial charge in [-0.2, -0.15) is 0 Å². The van der Waals surface area contributed by atoms with Gasteiger partial charge in [0.25, 0.3) is 0 Å². The average Bonchev–Trinajstić information content (AvgIpc) is 2.50. The van der Waals surface area contributed by atoms with Gasteiger partial charge in [-0.05, 0) is 24.7 Å². The maximum atomic E-state index is 5.83. The summed E-state index contributed by atoms with van der Waals surface area (Å²) < 4.78 is 6.99. The molecule has 0 saturated heterocycles. The summed E-state index contributed by atoms with van der Waals surface area (Å²) in [6, 6.07) is 14.7. The zero-order valence-corrected chi connectivity index (χ0v) is 13.7. The van der Waals surface area contributed by atoms with Crippen LogP contribution < -0.4 is 10.1 Å². The molecule has 0 unspecified atom stereocenters. The van der Waals surface area contributed by atoms with Gasteiger partial charge in [0, 0.05) is 29.7 Å². The Bertz CT molecular complexity index is 630. The molecule has 1 N–H and O–H groups in total. The van der Waals surface area contributed by atoms with Crippen molar-refractivity contribution in [3.8, 4) is 5.75 Å². The summed E-state index contributed by atoms with van der Waals surface area (Å²) in [6.45, 7) is 3.38. The highest BCUT2D eigenvalue weighted by molar-refractivity contribution is 9.10. The summed E-state index contributed by atoms with van der Waals surface area (Å²) in [6.07, 6.45) is 0. The van der Waals surface area contributed by atoms with E-state index in [1.54, 1.807) is 0 Å². The highest BCUT2D eigenvalue weighted by atomic mass is 79.9. The van der Waals surface area contributed by atoms with Crippen LogP contribution in [0.3, 0.4) is 0 Å². The van der Waals surface area contributed by atoms with Crippen LogP contribution in [-0.4, -0.2) is 25.1 Å². The summed E-state index contributed by atoms with van der Waals surface area (Å²) in [4.78, 5) is 2.30. The third-order valence-corrected chi connectivity index (χ3v) is 4.37. The van der Waals surface area contributed by atoms with Crippen molar-refractivity contribution in [1.29, 1.82) is 0 Å². The van der Waals surface area contributed by atoms with E-state index in [-0.39, 0.29) is 0 Å². The summed E-state index contributed by atoms with van der Waals surface area (Å²) in [5, 5.41) is 3.38. The number of hydrogen-bond acceptors (Lipinski definition) is 3. The van der Waals surface area contributed by atoms with Crippen molar-refractivity contribution in [3.63, 3.8) is 0 Å². The minimum absolute atomic E-state index is 0.734. The SMILES string of the molecule is CN(Cc1ccccc1Br)Cc1cccc2c1OCCN2. The molecule has 0 bridgehead atoms. The standard InChI is InChI=1S/C17H19BrN2O/c1-20(11-13-5-2-3-7-15(13)18)12-14-6-4-8-16-17(14)21-10-9-19-16/h2-8,19H,9-12H2,1H3. The number of nitrogens with zero attached hydrogens (tertiary/aromatic N) is 1. The van der Waals surface area contributed by atoms with Crippen LogP contribution in [0.25, 0.3) is 0 Å². The van der Waals surface area contributed by atoms with E-state index in [2.05, 4.69) is 69.6 Å². The van der Waals surface area contributed by atoms with Gasteiger partial charge < -0.3 is 10.1 Å². The number of hydrogen-bond donors (Lipinski definition) is 1.